The minimum atomic E-state index is -0.538. The molecule has 29 heavy (non-hydrogen) atoms. The van der Waals surface area contributed by atoms with Gasteiger partial charge in [0.2, 0.25) is 11.8 Å². The molecule has 0 bridgehead atoms. The molecular formula is C24H30N2O2S. The minimum absolute atomic E-state index is 0.139. The summed E-state index contributed by atoms with van der Waals surface area (Å²) in [4.78, 5) is 31.2. The molecular weight excluding hydrogens is 380 g/mol. The van der Waals surface area contributed by atoms with Gasteiger partial charge in [0.25, 0.3) is 0 Å². The first-order valence-corrected chi connectivity index (χ1v) is 11.4. The molecule has 2 aliphatic rings. The molecule has 2 amide bonds. The van der Waals surface area contributed by atoms with Gasteiger partial charge < -0.3 is 9.80 Å². The lowest BCUT2D eigenvalue weighted by Crippen LogP contribution is -2.54. The van der Waals surface area contributed by atoms with E-state index in [0.29, 0.717) is 18.9 Å². The number of carbonyl (C=O) groups is 2. The van der Waals surface area contributed by atoms with Gasteiger partial charge in [0, 0.05) is 38.0 Å². The minimum Gasteiger partial charge on any atom is -0.348 e. The molecule has 2 fully saturated rings. The van der Waals surface area contributed by atoms with Crippen LogP contribution in [0.4, 0.5) is 0 Å². The predicted molar refractivity (Wildman–Crippen MR) is 118 cm³/mol. The zero-order valence-corrected chi connectivity index (χ0v) is 18.4. The lowest BCUT2D eigenvalue weighted by atomic mass is 9.73. The van der Waals surface area contributed by atoms with Gasteiger partial charge in [-0.2, -0.15) is 0 Å². The Morgan fingerprint density at radius 1 is 1.24 bits per heavy atom. The summed E-state index contributed by atoms with van der Waals surface area (Å²) in [6, 6.07) is 12.7. The fraction of sp³-hybridized carbons (Fsp3) is 0.500. The molecule has 1 aromatic carbocycles. The van der Waals surface area contributed by atoms with Crippen LogP contribution in [0.15, 0.2) is 41.8 Å². The van der Waals surface area contributed by atoms with E-state index in [0.717, 1.165) is 25.8 Å². The van der Waals surface area contributed by atoms with Crippen LogP contribution in [0.3, 0.4) is 0 Å². The van der Waals surface area contributed by atoms with Crippen molar-refractivity contribution in [3.63, 3.8) is 0 Å². The van der Waals surface area contributed by atoms with E-state index in [1.807, 2.05) is 19.0 Å². The molecule has 154 valence electrons. The average molecular weight is 411 g/mol. The highest BCUT2D eigenvalue weighted by atomic mass is 32.1. The van der Waals surface area contributed by atoms with Crippen molar-refractivity contribution in [2.45, 2.75) is 32.6 Å². The third kappa shape index (κ3) is 4.11. The lowest BCUT2D eigenvalue weighted by molar-refractivity contribution is -0.147. The maximum atomic E-state index is 13.3. The fourth-order valence-corrected chi connectivity index (χ4v) is 5.48. The molecule has 1 saturated heterocycles. The van der Waals surface area contributed by atoms with Gasteiger partial charge >= 0.3 is 0 Å². The number of hydrogen-bond acceptors (Lipinski definition) is 3. The summed E-state index contributed by atoms with van der Waals surface area (Å²) in [5.41, 5.74) is 1.82. The Balaban J connectivity index is 1.61. The highest BCUT2D eigenvalue weighted by Gasteiger charge is 2.48. The Hall–Kier alpha value is -2.14. The van der Waals surface area contributed by atoms with Crippen molar-refractivity contribution in [3.05, 3.63) is 47.3 Å². The molecule has 1 aliphatic heterocycles. The van der Waals surface area contributed by atoms with Gasteiger partial charge in [0.15, 0.2) is 0 Å². The molecule has 0 N–H and O–H groups in total. The van der Waals surface area contributed by atoms with Crippen molar-refractivity contribution < 1.29 is 9.59 Å². The smallest absolute Gasteiger partial charge is 0.230 e. The van der Waals surface area contributed by atoms with Crippen molar-refractivity contribution in [3.8, 4) is 10.4 Å². The van der Waals surface area contributed by atoms with Crippen molar-refractivity contribution in [1.82, 2.24) is 9.80 Å². The number of carbonyl (C=O) groups excluding carboxylic acids is 2. The van der Waals surface area contributed by atoms with E-state index in [2.05, 4.69) is 48.7 Å². The van der Waals surface area contributed by atoms with Crippen LogP contribution in [0.2, 0.25) is 0 Å². The number of rotatable bonds is 5. The van der Waals surface area contributed by atoms with Crippen molar-refractivity contribution in [1.29, 1.82) is 0 Å². The van der Waals surface area contributed by atoms with Crippen LogP contribution in [0, 0.1) is 17.3 Å². The summed E-state index contributed by atoms with van der Waals surface area (Å²) in [5, 5.41) is 2.09. The summed E-state index contributed by atoms with van der Waals surface area (Å²) in [6.07, 6.45) is 3.38. The Morgan fingerprint density at radius 2 is 2.03 bits per heavy atom. The first kappa shape index (κ1) is 20.1. The Morgan fingerprint density at radius 3 is 2.69 bits per heavy atom. The van der Waals surface area contributed by atoms with Gasteiger partial charge in [0.05, 0.1) is 5.41 Å². The molecule has 3 atom stereocenters. The van der Waals surface area contributed by atoms with E-state index in [1.165, 1.54) is 16.0 Å². The van der Waals surface area contributed by atoms with Crippen LogP contribution in [-0.4, -0.2) is 48.8 Å². The molecule has 1 saturated carbocycles. The maximum absolute atomic E-state index is 13.3. The largest absolute Gasteiger partial charge is 0.348 e. The first-order chi connectivity index (χ1) is 13.9. The molecule has 0 spiro atoms. The number of amides is 2. The second-order valence-electron chi connectivity index (χ2n) is 9.02. The molecule has 4 nitrogen and oxygen atoms in total. The monoisotopic (exact) mass is 410 g/mol. The van der Waals surface area contributed by atoms with Gasteiger partial charge in [-0.15, -0.1) is 11.3 Å². The number of benzene rings is 1. The lowest BCUT2D eigenvalue weighted by Gasteiger charge is -2.43. The van der Waals surface area contributed by atoms with Crippen molar-refractivity contribution >= 4 is 23.2 Å². The highest BCUT2D eigenvalue weighted by Crippen LogP contribution is 2.42. The summed E-state index contributed by atoms with van der Waals surface area (Å²) in [5.74, 6) is 1.05. The summed E-state index contributed by atoms with van der Waals surface area (Å²) in [6.45, 7) is 3.45. The molecule has 5 heteroatoms. The van der Waals surface area contributed by atoms with Crippen molar-refractivity contribution in [2.75, 3.05) is 27.2 Å². The van der Waals surface area contributed by atoms with Gasteiger partial charge in [-0.25, -0.2) is 0 Å². The first-order valence-electron chi connectivity index (χ1n) is 10.5. The van der Waals surface area contributed by atoms with Crippen molar-refractivity contribution in [2.24, 2.45) is 17.3 Å². The average Bonchev–Trinajstić information content (AvgIpc) is 3.20. The molecule has 0 unspecified atom stereocenters. The SMILES string of the molecule is C[C@@H]1C[C@H]1C(=O)N1CCC[C@@](Cc2cccc(-c3cccs3)c2)(C(=O)N(C)C)C1. The van der Waals surface area contributed by atoms with Gasteiger partial charge in [-0.3, -0.25) is 9.59 Å². The second kappa shape index (κ2) is 7.94. The summed E-state index contributed by atoms with van der Waals surface area (Å²) < 4.78 is 0. The van der Waals surface area contributed by atoms with Gasteiger partial charge in [-0.05, 0) is 54.2 Å². The van der Waals surface area contributed by atoms with E-state index in [1.54, 1.807) is 16.2 Å². The van der Waals surface area contributed by atoms with Crippen LogP contribution < -0.4 is 0 Å². The maximum Gasteiger partial charge on any atom is 0.230 e. The van der Waals surface area contributed by atoms with Crippen LogP contribution in [0.5, 0.6) is 0 Å². The van der Waals surface area contributed by atoms with E-state index < -0.39 is 5.41 Å². The Kier molecular flexibility index (Phi) is 5.52. The number of likely N-dealkylation sites (tertiary alicyclic amines) is 1. The van der Waals surface area contributed by atoms with E-state index >= 15 is 0 Å². The molecule has 1 aromatic heterocycles. The zero-order chi connectivity index (χ0) is 20.6. The number of thiophene rings is 1. The number of hydrogen-bond donors (Lipinski definition) is 0. The normalized spacial score (nSPS) is 26.2. The third-order valence-electron chi connectivity index (χ3n) is 6.45. The van der Waals surface area contributed by atoms with Crippen LogP contribution in [0.1, 0.15) is 31.7 Å². The topological polar surface area (TPSA) is 40.6 Å². The van der Waals surface area contributed by atoms with Crippen LogP contribution in [0.25, 0.3) is 10.4 Å². The molecule has 2 aromatic rings. The number of piperidine rings is 1. The van der Waals surface area contributed by atoms with Crippen LogP contribution in [-0.2, 0) is 16.0 Å². The molecule has 0 radical (unpaired) electrons. The van der Waals surface area contributed by atoms with E-state index in [-0.39, 0.29) is 17.7 Å². The fourth-order valence-electron chi connectivity index (χ4n) is 4.76. The van der Waals surface area contributed by atoms with Gasteiger partial charge in [0.1, 0.15) is 0 Å². The van der Waals surface area contributed by atoms with E-state index in [4.69, 9.17) is 0 Å². The molecule has 4 rings (SSSR count). The Bertz CT molecular complexity index is 892. The summed E-state index contributed by atoms with van der Waals surface area (Å²) in [7, 11) is 3.66. The molecule has 1 aliphatic carbocycles. The molecule has 2 heterocycles. The predicted octanol–water partition coefficient (Wildman–Crippen LogP) is 4.31. The Labute approximate surface area is 177 Å². The zero-order valence-electron chi connectivity index (χ0n) is 17.6. The summed E-state index contributed by atoms with van der Waals surface area (Å²) >= 11 is 1.73. The standard InChI is InChI=1S/C24H30N2O2S/c1-17-13-20(17)22(27)26-11-6-10-24(16-26,23(28)25(2)3)15-18-7-4-8-19(14-18)21-9-5-12-29-21/h4-5,7-9,12,14,17,20H,6,10-11,13,15-16H2,1-3H3/t17-,20-,24+/m1/s1. The third-order valence-corrected chi connectivity index (χ3v) is 7.37. The number of nitrogens with zero attached hydrogens (tertiary/aromatic N) is 2. The quantitative estimate of drug-likeness (QED) is 0.737. The highest BCUT2D eigenvalue weighted by molar-refractivity contribution is 7.13. The van der Waals surface area contributed by atoms with Gasteiger partial charge in [-0.1, -0.05) is 37.3 Å². The van der Waals surface area contributed by atoms with Crippen LogP contribution >= 0.6 is 11.3 Å². The van der Waals surface area contributed by atoms with E-state index in [9.17, 15) is 9.59 Å². The second-order valence-corrected chi connectivity index (χ2v) is 9.96.